The average Bonchev–Trinajstić information content (AvgIpc) is 2.31. The van der Waals surface area contributed by atoms with Gasteiger partial charge in [-0.2, -0.15) is 0 Å². The van der Waals surface area contributed by atoms with E-state index in [0.29, 0.717) is 17.8 Å². The Labute approximate surface area is 112 Å². The van der Waals surface area contributed by atoms with Gasteiger partial charge in [-0.3, -0.25) is 4.79 Å². The van der Waals surface area contributed by atoms with E-state index >= 15 is 0 Å². The maximum Gasteiger partial charge on any atom is 0.319 e. The number of nitrogens with two attached hydrogens (primary N) is 1. The molecule has 1 atom stereocenters. The van der Waals surface area contributed by atoms with E-state index in [-0.39, 0.29) is 12.5 Å². The van der Waals surface area contributed by atoms with Crippen molar-refractivity contribution in [3.63, 3.8) is 0 Å². The van der Waals surface area contributed by atoms with Crippen LogP contribution in [0.2, 0.25) is 0 Å². The minimum absolute atomic E-state index is 0.0917. The molecule has 0 radical (unpaired) electrons. The molecule has 0 aromatic heterocycles. The summed E-state index contributed by atoms with van der Waals surface area (Å²) in [6, 6.07) is 6.05. The van der Waals surface area contributed by atoms with Crippen molar-refractivity contribution < 1.29 is 14.7 Å². The molecule has 0 saturated heterocycles. The predicted octanol–water partition coefficient (Wildman–Crippen LogP) is 2.03. The minimum atomic E-state index is -0.932. The van der Waals surface area contributed by atoms with Crippen LogP contribution in [-0.2, 0) is 4.79 Å². The van der Waals surface area contributed by atoms with E-state index in [1.807, 2.05) is 6.92 Å². The standard InChI is InChI=1S/C13H19N3O3/c1-2-5-9(8-12(17)18)15-13(19)16-11-7-4-3-6-10(11)14/h3-4,6-7,9H,2,5,8,14H2,1H3,(H,17,18)(H2,15,16,19). The van der Waals surface area contributed by atoms with Crippen LogP contribution in [0.3, 0.4) is 0 Å². The van der Waals surface area contributed by atoms with Gasteiger partial charge in [0.15, 0.2) is 0 Å². The lowest BCUT2D eigenvalue weighted by Crippen LogP contribution is -2.39. The van der Waals surface area contributed by atoms with Crippen molar-refractivity contribution in [2.45, 2.75) is 32.2 Å². The number of carboxylic acids is 1. The fraction of sp³-hybridized carbons (Fsp3) is 0.385. The fourth-order valence-electron chi connectivity index (χ4n) is 1.74. The quantitative estimate of drug-likeness (QED) is 0.591. The van der Waals surface area contributed by atoms with E-state index in [4.69, 9.17) is 10.8 Å². The molecule has 2 amide bonds. The zero-order chi connectivity index (χ0) is 14.3. The molecule has 1 aromatic carbocycles. The van der Waals surface area contributed by atoms with Gasteiger partial charge in [-0.25, -0.2) is 4.79 Å². The first kappa shape index (κ1) is 14.8. The summed E-state index contributed by atoms with van der Waals surface area (Å²) >= 11 is 0. The van der Waals surface area contributed by atoms with Crippen molar-refractivity contribution in [1.29, 1.82) is 0 Å². The Morgan fingerprint density at radius 2 is 2.05 bits per heavy atom. The molecule has 104 valence electrons. The third kappa shape index (κ3) is 5.29. The van der Waals surface area contributed by atoms with Crippen LogP contribution in [0.25, 0.3) is 0 Å². The summed E-state index contributed by atoms with van der Waals surface area (Å²) in [5, 5.41) is 14.0. The lowest BCUT2D eigenvalue weighted by atomic mass is 10.1. The molecule has 19 heavy (non-hydrogen) atoms. The summed E-state index contributed by atoms with van der Waals surface area (Å²) in [6.07, 6.45) is 1.32. The number of carbonyl (C=O) groups excluding carboxylic acids is 1. The van der Waals surface area contributed by atoms with E-state index < -0.39 is 12.0 Å². The molecule has 1 unspecified atom stereocenters. The van der Waals surface area contributed by atoms with E-state index in [1.54, 1.807) is 24.3 Å². The second-order valence-electron chi connectivity index (χ2n) is 4.27. The Kier molecular flexibility index (Phi) is 5.66. The molecular formula is C13H19N3O3. The van der Waals surface area contributed by atoms with Crippen LogP contribution in [-0.4, -0.2) is 23.1 Å². The molecule has 1 rings (SSSR count). The van der Waals surface area contributed by atoms with E-state index in [9.17, 15) is 9.59 Å². The van der Waals surface area contributed by atoms with Gasteiger partial charge in [-0.15, -0.1) is 0 Å². The van der Waals surface area contributed by atoms with E-state index in [1.165, 1.54) is 0 Å². The third-order valence-corrected chi connectivity index (χ3v) is 2.60. The fourth-order valence-corrected chi connectivity index (χ4v) is 1.74. The highest BCUT2D eigenvalue weighted by atomic mass is 16.4. The molecule has 0 spiro atoms. The van der Waals surface area contributed by atoms with Crippen LogP contribution >= 0.6 is 0 Å². The van der Waals surface area contributed by atoms with Gasteiger partial charge in [0, 0.05) is 6.04 Å². The van der Waals surface area contributed by atoms with E-state index in [0.717, 1.165) is 6.42 Å². The number of carbonyl (C=O) groups is 2. The second kappa shape index (κ2) is 7.25. The van der Waals surface area contributed by atoms with Gasteiger partial charge in [0.05, 0.1) is 17.8 Å². The van der Waals surface area contributed by atoms with Crippen LogP contribution in [0.5, 0.6) is 0 Å². The Hall–Kier alpha value is -2.24. The first-order chi connectivity index (χ1) is 9.02. The molecule has 0 aliphatic rings. The van der Waals surface area contributed by atoms with Crippen molar-refractivity contribution in [3.05, 3.63) is 24.3 Å². The number of benzene rings is 1. The Morgan fingerprint density at radius 3 is 2.63 bits per heavy atom. The van der Waals surface area contributed by atoms with E-state index in [2.05, 4.69) is 10.6 Å². The largest absolute Gasteiger partial charge is 0.481 e. The number of nitrogens with one attached hydrogen (secondary N) is 2. The number of nitrogen functional groups attached to an aromatic ring is 1. The molecule has 0 bridgehead atoms. The van der Waals surface area contributed by atoms with Gasteiger partial charge < -0.3 is 21.5 Å². The predicted molar refractivity (Wildman–Crippen MR) is 74.0 cm³/mol. The number of para-hydroxylation sites is 2. The number of amides is 2. The zero-order valence-corrected chi connectivity index (χ0v) is 10.8. The molecule has 0 heterocycles. The highest BCUT2D eigenvalue weighted by Crippen LogP contribution is 2.16. The molecule has 0 aliphatic carbocycles. The molecule has 0 aliphatic heterocycles. The number of hydrogen-bond acceptors (Lipinski definition) is 3. The third-order valence-electron chi connectivity index (χ3n) is 2.60. The normalized spacial score (nSPS) is 11.6. The van der Waals surface area contributed by atoms with Gasteiger partial charge in [-0.1, -0.05) is 25.5 Å². The average molecular weight is 265 g/mol. The second-order valence-corrected chi connectivity index (χ2v) is 4.27. The number of rotatable bonds is 6. The zero-order valence-electron chi connectivity index (χ0n) is 10.8. The summed E-state index contributed by atoms with van der Waals surface area (Å²) in [4.78, 5) is 22.4. The number of hydrogen-bond donors (Lipinski definition) is 4. The molecule has 0 saturated carbocycles. The van der Waals surface area contributed by atoms with Crippen molar-refractivity contribution in [2.24, 2.45) is 0 Å². The van der Waals surface area contributed by atoms with Crippen molar-refractivity contribution in [3.8, 4) is 0 Å². The number of aliphatic carboxylic acids is 1. The molecule has 0 fully saturated rings. The molecule has 6 nitrogen and oxygen atoms in total. The van der Waals surface area contributed by atoms with Gasteiger partial charge in [-0.05, 0) is 18.6 Å². The topological polar surface area (TPSA) is 104 Å². The minimum Gasteiger partial charge on any atom is -0.481 e. The smallest absolute Gasteiger partial charge is 0.319 e. The van der Waals surface area contributed by atoms with Gasteiger partial charge in [0.2, 0.25) is 0 Å². The number of carboxylic acid groups (broad SMARTS) is 1. The van der Waals surface area contributed by atoms with Crippen LogP contribution in [0.4, 0.5) is 16.2 Å². The van der Waals surface area contributed by atoms with Crippen LogP contribution < -0.4 is 16.4 Å². The maximum atomic E-state index is 11.8. The molecule has 5 N–H and O–H groups in total. The Balaban J connectivity index is 2.57. The van der Waals surface area contributed by atoms with Crippen molar-refractivity contribution in [1.82, 2.24) is 5.32 Å². The van der Waals surface area contributed by atoms with Gasteiger partial charge in [0.1, 0.15) is 0 Å². The lowest BCUT2D eigenvalue weighted by molar-refractivity contribution is -0.137. The maximum absolute atomic E-state index is 11.8. The first-order valence-electron chi connectivity index (χ1n) is 6.16. The summed E-state index contributed by atoms with van der Waals surface area (Å²) in [5.74, 6) is -0.932. The van der Waals surface area contributed by atoms with Gasteiger partial charge in [0.25, 0.3) is 0 Å². The van der Waals surface area contributed by atoms with Crippen LogP contribution in [0.15, 0.2) is 24.3 Å². The monoisotopic (exact) mass is 265 g/mol. The SMILES string of the molecule is CCCC(CC(=O)O)NC(=O)Nc1ccccc1N. The summed E-state index contributed by atoms with van der Waals surface area (Å²) in [6.45, 7) is 1.93. The summed E-state index contributed by atoms with van der Waals surface area (Å²) in [5.41, 5.74) is 6.67. The van der Waals surface area contributed by atoms with Crippen molar-refractivity contribution in [2.75, 3.05) is 11.1 Å². The molecule has 1 aromatic rings. The number of anilines is 2. The highest BCUT2D eigenvalue weighted by Gasteiger charge is 2.15. The van der Waals surface area contributed by atoms with Gasteiger partial charge >= 0.3 is 12.0 Å². The van der Waals surface area contributed by atoms with Crippen LogP contribution in [0.1, 0.15) is 26.2 Å². The molecule has 6 heteroatoms. The summed E-state index contributed by atoms with van der Waals surface area (Å²) in [7, 11) is 0. The van der Waals surface area contributed by atoms with Crippen molar-refractivity contribution >= 4 is 23.4 Å². The summed E-state index contributed by atoms with van der Waals surface area (Å²) < 4.78 is 0. The lowest BCUT2D eigenvalue weighted by Gasteiger charge is -2.17. The first-order valence-corrected chi connectivity index (χ1v) is 6.16. The Bertz CT molecular complexity index is 449. The Morgan fingerprint density at radius 1 is 1.37 bits per heavy atom. The van der Waals surface area contributed by atoms with Crippen LogP contribution in [0, 0.1) is 0 Å². The molecular weight excluding hydrogens is 246 g/mol. The number of urea groups is 1. The highest BCUT2D eigenvalue weighted by molar-refractivity contribution is 5.92.